The van der Waals surface area contributed by atoms with Gasteiger partial charge in [-0.25, -0.2) is 8.42 Å². The molecule has 0 spiro atoms. The standard InChI is InChI=1S/C16H26N2O3S/c1-5-16(6-2,11-17)15(19)18-14-9-7-8-13(12(14)3)10-22(4,20)21/h7-9H,5-6,10-11,17H2,1-4H3,(H,18,19). The number of benzene rings is 1. The number of nitrogens with one attached hydrogen (secondary N) is 1. The highest BCUT2D eigenvalue weighted by atomic mass is 32.2. The van der Waals surface area contributed by atoms with E-state index in [1.54, 1.807) is 18.2 Å². The van der Waals surface area contributed by atoms with Crippen LogP contribution in [0, 0.1) is 12.3 Å². The van der Waals surface area contributed by atoms with Crippen molar-refractivity contribution in [2.75, 3.05) is 18.1 Å². The van der Waals surface area contributed by atoms with Gasteiger partial charge in [0.2, 0.25) is 5.91 Å². The van der Waals surface area contributed by atoms with Crippen LogP contribution in [-0.2, 0) is 20.4 Å². The second-order valence-electron chi connectivity index (χ2n) is 5.81. The maximum absolute atomic E-state index is 12.6. The molecule has 0 fully saturated rings. The second-order valence-corrected chi connectivity index (χ2v) is 7.95. The van der Waals surface area contributed by atoms with Gasteiger partial charge in [0.1, 0.15) is 0 Å². The van der Waals surface area contributed by atoms with Crippen molar-refractivity contribution < 1.29 is 13.2 Å². The largest absolute Gasteiger partial charge is 0.329 e. The molecule has 0 heterocycles. The molecule has 6 heteroatoms. The van der Waals surface area contributed by atoms with Crippen LogP contribution >= 0.6 is 0 Å². The van der Waals surface area contributed by atoms with Gasteiger partial charge in [0.15, 0.2) is 9.84 Å². The van der Waals surface area contributed by atoms with E-state index in [0.29, 0.717) is 24.1 Å². The van der Waals surface area contributed by atoms with Gasteiger partial charge >= 0.3 is 0 Å². The van der Waals surface area contributed by atoms with Crippen LogP contribution in [0.3, 0.4) is 0 Å². The molecule has 0 saturated carbocycles. The van der Waals surface area contributed by atoms with Crippen LogP contribution in [0.5, 0.6) is 0 Å². The van der Waals surface area contributed by atoms with E-state index < -0.39 is 15.3 Å². The van der Waals surface area contributed by atoms with E-state index in [2.05, 4.69) is 5.32 Å². The van der Waals surface area contributed by atoms with Crippen molar-refractivity contribution in [1.29, 1.82) is 0 Å². The van der Waals surface area contributed by atoms with Gasteiger partial charge in [-0.2, -0.15) is 0 Å². The molecule has 0 aliphatic rings. The molecule has 1 aromatic rings. The van der Waals surface area contributed by atoms with Gasteiger partial charge < -0.3 is 11.1 Å². The minimum Gasteiger partial charge on any atom is -0.329 e. The lowest BCUT2D eigenvalue weighted by atomic mass is 9.81. The van der Waals surface area contributed by atoms with Gasteiger partial charge in [-0.15, -0.1) is 0 Å². The first kappa shape index (κ1) is 18.6. The molecular weight excluding hydrogens is 300 g/mol. The third-order valence-electron chi connectivity index (χ3n) is 4.34. The van der Waals surface area contributed by atoms with Crippen LogP contribution in [0.15, 0.2) is 18.2 Å². The summed E-state index contributed by atoms with van der Waals surface area (Å²) in [5.41, 5.74) is 7.33. The Morgan fingerprint density at radius 3 is 2.32 bits per heavy atom. The van der Waals surface area contributed by atoms with Crippen LogP contribution < -0.4 is 11.1 Å². The first-order chi connectivity index (χ1) is 10.2. The van der Waals surface area contributed by atoms with E-state index in [1.807, 2.05) is 20.8 Å². The summed E-state index contributed by atoms with van der Waals surface area (Å²) in [5.74, 6) is -0.147. The van der Waals surface area contributed by atoms with Gasteiger partial charge in [-0.3, -0.25) is 4.79 Å². The highest BCUT2D eigenvalue weighted by Gasteiger charge is 2.33. The maximum atomic E-state index is 12.6. The number of rotatable bonds is 7. The average Bonchev–Trinajstić information content (AvgIpc) is 2.44. The predicted molar refractivity (Wildman–Crippen MR) is 90.4 cm³/mol. The van der Waals surface area contributed by atoms with Crippen LogP contribution in [-0.4, -0.2) is 27.1 Å². The highest BCUT2D eigenvalue weighted by Crippen LogP contribution is 2.28. The lowest BCUT2D eigenvalue weighted by molar-refractivity contribution is -0.125. The summed E-state index contributed by atoms with van der Waals surface area (Å²) >= 11 is 0. The summed E-state index contributed by atoms with van der Waals surface area (Å²) < 4.78 is 23.0. The minimum absolute atomic E-state index is 0.0356. The third-order valence-corrected chi connectivity index (χ3v) is 5.17. The topological polar surface area (TPSA) is 89.3 Å². The Bertz CT molecular complexity index is 627. The molecule has 0 atom stereocenters. The molecule has 1 amide bonds. The summed E-state index contributed by atoms with van der Waals surface area (Å²) in [6, 6.07) is 5.30. The molecule has 1 rings (SSSR count). The lowest BCUT2D eigenvalue weighted by Gasteiger charge is -2.29. The van der Waals surface area contributed by atoms with Gasteiger partial charge in [0.05, 0.1) is 11.2 Å². The number of anilines is 1. The van der Waals surface area contributed by atoms with Crippen molar-refractivity contribution in [3.8, 4) is 0 Å². The van der Waals surface area contributed by atoms with Crippen molar-refractivity contribution in [3.63, 3.8) is 0 Å². The van der Waals surface area contributed by atoms with E-state index >= 15 is 0 Å². The number of hydrogen-bond donors (Lipinski definition) is 2. The normalized spacial score (nSPS) is 12.2. The minimum atomic E-state index is -3.12. The molecule has 0 aliphatic carbocycles. The van der Waals surface area contributed by atoms with Gasteiger partial charge in [0.25, 0.3) is 0 Å². The number of amides is 1. The van der Waals surface area contributed by atoms with Gasteiger partial charge in [0, 0.05) is 18.5 Å². The summed E-state index contributed by atoms with van der Waals surface area (Å²) in [6.07, 6.45) is 2.52. The van der Waals surface area contributed by atoms with E-state index in [-0.39, 0.29) is 18.2 Å². The van der Waals surface area contributed by atoms with Crippen molar-refractivity contribution in [1.82, 2.24) is 0 Å². The Hall–Kier alpha value is -1.40. The maximum Gasteiger partial charge on any atom is 0.231 e. The quantitative estimate of drug-likeness (QED) is 0.804. The molecular formula is C16H26N2O3S. The summed E-state index contributed by atoms with van der Waals surface area (Å²) in [6.45, 7) is 6.00. The molecule has 0 aromatic heterocycles. The SMILES string of the molecule is CCC(CC)(CN)C(=O)Nc1cccc(CS(C)(=O)=O)c1C. The van der Waals surface area contributed by atoms with Crippen molar-refractivity contribution in [2.24, 2.45) is 11.1 Å². The first-order valence-electron chi connectivity index (χ1n) is 7.47. The predicted octanol–water partition coefficient (Wildman–Crippen LogP) is 2.24. The van der Waals surface area contributed by atoms with E-state index in [4.69, 9.17) is 5.73 Å². The van der Waals surface area contributed by atoms with E-state index in [1.165, 1.54) is 6.26 Å². The number of nitrogens with two attached hydrogens (primary N) is 1. The van der Waals surface area contributed by atoms with Crippen LogP contribution in [0.2, 0.25) is 0 Å². The average molecular weight is 326 g/mol. The number of sulfone groups is 1. The van der Waals surface area contributed by atoms with Crippen molar-refractivity contribution in [3.05, 3.63) is 29.3 Å². The number of carbonyl (C=O) groups is 1. The molecule has 3 N–H and O–H groups in total. The Morgan fingerprint density at radius 2 is 1.86 bits per heavy atom. The fourth-order valence-corrected chi connectivity index (χ4v) is 3.34. The summed E-state index contributed by atoms with van der Waals surface area (Å²) in [4.78, 5) is 12.6. The van der Waals surface area contributed by atoms with Crippen LogP contribution in [0.25, 0.3) is 0 Å². The van der Waals surface area contributed by atoms with E-state index in [0.717, 1.165) is 5.56 Å². The fraction of sp³-hybridized carbons (Fsp3) is 0.562. The first-order valence-corrected chi connectivity index (χ1v) is 9.53. The zero-order chi connectivity index (χ0) is 17.0. The highest BCUT2D eigenvalue weighted by molar-refractivity contribution is 7.89. The third kappa shape index (κ3) is 4.30. The second kappa shape index (κ2) is 7.24. The molecule has 1 aromatic carbocycles. The molecule has 0 bridgehead atoms. The van der Waals surface area contributed by atoms with E-state index in [9.17, 15) is 13.2 Å². The fourth-order valence-electron chi connectivity index (χ4n) is 2.47. The lowest BCUT2D eigenvalue weighted by Crippen LogP contribution is -2.41. The summed E-state index contributed by atoms with van der Waals surface area (Å²) in [7, 11) is -3.12. The zero-order valence-corrected chi connectivity index (χ0v) is 14.6. The molecule has 0 radical (unpaired) electrons. The molecule has 0 unspecified atom stereocenters. The Morgan fingerprint density at radius 1 is 1.27 bits per heavy atom. The molecule has 5 nitrogen and oxygen atoms in total. The van der Waals surface area contributed by atoms with Gasteiger partial charge in [-0.1, -0.05) is 26.0 Å². The van der Waals surface area contributed by atoms with Crippen molar-refractivity contribution in [2.45, 2.75) is 39.4 Å². The molecule has 22 heavy (non-hydrogen) atoms. The Labute approximate surface area is 133 Å². The van der Waals surface area contributed by atoms with Gasteiger partial charge in [-0.05, 0) is 37.0 Å². The number of carbonyl (C=O) groups excluding carboxylic acids is 1. The van der Waals surface area contributed by atoms with Crippen LogP contribution in [0.1, 0.15) is 37.8 Å². The van der Waals surface area contributed by atoms with Crippen molar-refractivity contribution >= 4 is 21.4 Å². The zero-order valence-electron chi connectivity index (χ0n) is 13.8. The Balaban J connectivity index is 3.09. The monoisotopic (exact) mass is 326 g/mol. The number of hydrogen-bond acceptors (Lipinski definition) is 4. The smallest absolute Gasteiger partial charge is 0.231 e. The Kier molecular flexibility index (Phi) is 6.14. The molecule has 124 valence electrons. The summed E-state index contributed by atoms with van der Waals surface area (Å²) in [5, 5.41) is 2.92. The van der Waals surface area contributed by atoms with Crippen LogP contribution in [0.4, 0.5) is 5.69 Å². The molecule has 0 saturated heterocycles. The molecule has 0 aliphatic heterocycles.